The van der Waals surface area contributed by atoms with Crippen LogP contribution in [-0.2, 0) is 29.0 Å². The third-order valence-corrected chi connectivity index (χ3v) is 7.92. The third kappa shape index (κ3) is 5.99. The normalized spacial score (nSPS) is 22.0. The minimum absolute atomic E-state index is 0.0198. The predicted molar refractivity (Wildman–Crippen MR) is 146 cm³/mol. The maximum atomic E-state index is 13.6. The highest BCUT2D eigenvalue weighted by Crippen LogP contribution is 2.26. The number of amides is 2. The number of hydrogen-bond acceptors (Lipinski definition) is 4. The quantitative estimate of drug-likeness (QED) is 0.288. The average molecular weight is 513 g/mol. The number of likely N-dealkylation sites (tertiary alicyclic amines) is 2. The van der Waals surface area contributed by atoms with Gasteiger partial charge in [0.25, 0.3) is 0 Å². The summed E-state index contributed by atoms with van der Waals surface area (Å²) in [5.74, 6) is 0.338. The van der Waals surface area contributed by atoms with Crippen molar-refractivity contribution in [3.05, 3.63) is 71.3 Å². The Morgan fingerprint density at radius 2 is 1.68 bits per heavy atom. The molecule has 0 spiro atoms. The van der Waals surface area contributed by atoms with Gasteiger partial charge >= 0.3 is 0 Å². The summed E-state index contributed by atoms with van der Waals surface area (Å²) < 4.78 is 0. The largest absolute Gasteiger partial charge is 0.341 e. The Balaban J connectivity index is 1.41. The van der Waals surface area contributed by atoms with Gasteiger partial charge in [-0.25, -0.2) is 4.99 Å². The first kappa shape index (κ1) is 25.8. The molecule has 2 atom stereocenters. The van der Waals surface area contributed by atoms with Gasteiger partial charge in [-0.3, -0.25) is 14.9 Å². The van der Waals surface area contributed by atoms with Crippen molar-refractivity contribution in [2.45, 2.75) is 63.6 Å². The minimum atomic E-state index is -0.616. The van der Waals surface area contributed by atoms with Gasteiger partial charge in [0.05, 0.1) is 6.54 Å². The molecular weight excluding hydrogens is 476 g/mol. The first-order valence-electron chi connectivity index (χ1n) is 13.8. The molecule has 2 aromatic rings. The molecule has 3 aliphatic heterocycles. The van der Waals surface area contributed by atoms with Gasteiger partial charge in [-0.05, 0) is 61.6 Å². The molecule has 2 aromatic carbocycles. The van der Waals surface area contributed by atoms with Gasteiger partial charge in [-0.2, -0.15) is 5.26 Å². The monoisotopic (exact) mass is 512 g/mol. The van der Waals surface area contributed by atoms with E-state index in [2.05, 4.69) is 46.7 Å². The molecule has 0 radical (unpaired) electrons. The van der Waals surface area contributed by atoms with Crippen LogP contribution < -0.4 is 5.32 Å². The SMILES string of the molecule is N#CNC(=NC1CCCCN(CC(=O)N2CCCC2)C1=O)N1Cc2ccccc2CC1Cc1ccccc1. The molecule has 2 amide bonds. The van der Waals surface area contributed by atoms with Crippen molar-refractivity contribution in [2.75, 3.05) is 26.2 Å². The first-order chi connectivity index (χ1) is 18.6. The van der Waals surface area contributed by atoms with E-state index in [1.165, 1.54) is 16.7 Å². The number of nitrogens with zero attached hydrogens (tertiary/aromatic N) is 5. The number of carbonyl (C=O) groups excluding carboxylic acids is 2. The van der Waals surface area contributed by atoms with Crippen molar-refractivity contribution in [2.24, 2.45) is 4.99 Å². The Bertz CT molecular complexity index is 1200. The molecule has 0 bridgehead atoms. The van der Waals surface area contributed by atoms with Crippen LogP contribution in [0.4, 0.5) is 0 Å². The van der Waals surface area contributed by atoms with Crippen LogP contribution in [0.25, 0.3) is 0 Å². The maximum absolute atomic E-state index is 13.6. The second-order valence-corrected chi connectivity index (χ2v) is 10.5. The molecule has 2 saturated heterocycles. The summed E-state index contributed by atoms with van der Waals surface area (Å²) in [5.41, 5.74) is 3.72. The van der Waals surface area contributed by atoms with Gasteiger partial charge in [0, 0.05) is 32.2 Å². The molecule has 3 aliphatic rings. The fourth-order valence-electron chi connectivity index (χ4n) is 5.87. The molecule has 3 heterocycles. The Morgan fingerprint density at radius 3 is 2.45 bits per heavy atom. The van der Waals surface area contributed by atoms with Crippen molar-refractivity contribution < 1.29 is 9.59 Å². The molecule has 2 unspecified atom stereocenters. The lowest BCUT2D eigenvalue weighted by molar-refractivity contribution is -0.140. The van der Waals surface area contributed by atoms with Gasteiger partial charge in [0.15, 0.2) is 6.19 Å². The Kier molecular flexibility index (Phi) is 8.22. The van der Waals surface area contributed by atoms with Crippen molar-refractivity contribution in [1.82, 2.24) is 20.0 Å². The molecule has 0 aliphatic carbocycles. The van der Waals surface area contributed by atoms with E-state index in [9.17, 15) is 14.9 Å². The molecule has 8 nitrogen and oxygen atoms in total. The van der Waals surface area contributed by atoms with Crippen molar-refractivity contribution in [1.29, 1.82) is 5.26 Å². The Morgan fingerprint density at radius 1 is 0.974 bits per heavy atom. The van der Waals surface area contributed by atoms with Gasteiger partial charge in [0.1, 0.15) is 6.04 Å². The Hall–Kier alpha value is -3.86. The minimum Gasteiger partial charge on any atom is -0.341 e. The number of guanidine groups is 1. The highest BCUT2D eigenvalue weighted by molar-refractivity contribution is 5.91. The van der Waals surface area contributed by atoms with Crippen molar-refractivity contribution in [3.8, 4) is 6.19 Å². The zero-order chi connectivity index (χ0) is 26.3. The number of rotatable bonds is 5. The van der Waals surface area contributed by atoms with Gasteiger partial charge in [-0.15, -0.1) is 0 Å². The van der Waals surface area contributed by atoms with Gasteiger partial charge in [-0.1, -0.05) is 54.6 Å². The average Bonchev–Trinajstić information content (AvgIpc) is 3.43. The highest BCUT2D eigenvalue weighted by atomic mass is 16.2. The predicted octanol–water partition coefficient (Wildman–Crippen LogP) is 3.09. The number of nitrogens with one attached hydrogen (secondary N) is 1. The number of aliphatic imine (C=N–C) groups is 1. The molecule has 1 N–H and O–H groups in total. The summed E-state index contributed by atoms with van der Waals surface area (Å²) in [4.78, 5) is 37.0. The highest BCUT2D eigenvalue weighted by Gasteiger charge is 2.33. The maximum Gasteiger partial charge on any atom is 0.247 e. The molecule has 198 valence electrons. The lowest BCUT2D eigenvalue weighted by Gasteiger charge is -2.39. The molecule has 8 heteroatoms. The summed E-state index contributed by atoms with van der Waals surface area (Å²) in [5, 5.41) is 12.5. The van der Waals surface area contributed by atoms with E-state index < -0.39 is 6.04 Å². The van der Waals surface area contributed by atoms with E-state index in [0.717, 1.165) is 51.6 Å². The molecule has 0 aromatic heterocycles. The van der Waals surface area contributed by atoms with E-state index in [0.29, 0.717) is 25.5 Å². The Labute approximate surface area is 224 Å². The van der Waals surface area contributed by atoms with E-state index in [4.69, 9.17) is 4.99 Å². The third-order valence-electron chi connectivity index (χ3n) is 7.92. The number of benzene rings is 2. The van der Waals surface area contributed by atoms with E-state index in [-0.39, 0.29) is 24.4 Å². The second kappa shape index (κ2) is 12.1. The number of hydrogen-bond donors (Lipinski definition) is 1. The number of fused-ring (bicyclic) bond motifs is 1. The second-order valence-electron chi connectivity index (χ2n) is 10.5. The van der Waals surface area contributed by atoms with Gasteiger partial charge < -0.3 is 14.7 Å². The zero-order valence-corrected chi connectivity index (χ0v) is 21.9. The van der Waals surface area contributed by atoms with Crippen molar-refractivity contribution in [3.63, 3.8) is 0 Å². The number of nitriles is 1. The summed E-state index contributed by atoms with van der Waals surface area (Å²) in [6.45, 7) is 2.84. The van der Waals surface area contributed by atoms with E-state index in [1.807, 2.05) is 29.2 Å². The zero-order valence-electron chi connectivity index (χ0n) is 21.9. The lowest BCUT2D eigenvalue weighted by Crippen LogP contribution is -2.51. The summed E-state index contributed by atoms with van der Waals surface area (Å²) in [6.07, 6.45) is 8.05. The molecule has 0 saturated carbocycles. The van der Waals surface area contributed by atoms with Gasteiger partial charge in [0.2, 0.25) is 17.8 Å². The lowest BCUT2D eigenvalue weighted by atomic mass is 9.90. The summed E-state index contributed by atoms with van der Waals surface area (Å²) in [7, 11) is 0. The van der Waals surface area contributed by atoms with E-state index in [1.54, 1.807) is 4.90 Å². The molecule has 5 rings (SSSR count). The standard InChI is InChI=1S/C30H36N6O2/c31-22-32-30(33-27-14-6-7-17-35(29(27)38)21-28(37)34-15-8-9-16-34)36-20-25-13-5-4-12-24(25)19-26(36)18-23-10-2-1-3-11-23/h1-5,10-13,26-27H,6-9,14-21H2,(H,32,33). The first-order valence-corrected chi connectivity index (χ1v) is 13.8. The van der Waals surface area contributed by atoms with Crippen LogP contribution in [0, 0.1) is 11.5 Å². The summed E-state index contributed by atoms with van der Waals surface area (Å²) in [6, 6.07) is 18.2. The fraction of sp³-hybridized carbons (Fsp3) is 0.467. The summed E-state index contributed by atoms with van der Waals surface area (Å²) >= 11 is 0. The van der Waals surface area contributed by atoms with Crippen LogP contribution in [0.15, 0.2) is 59.6 Å². The van der Waals surface area contributed by atoms with Crippen LogP contribution in [0.1, 0.15) is 48.8 Å². The fourth-order valence-corrected chi connectivity index (χ4v) is 5.87. The molecular formula is C30H36N6O2. The van der Waals surface area contributed by atoms with Crippen molar-refractivity contribution >= 4 is 17.8 Å². The molecule has 38 heavy (non-hydrogen) atoms. The van der Waals surface area contributed by atoms with Crippen LogP contribution in [-0.4, -0.2) is 70.7 Å². The van der Waals surface area contributed by atoms with Crippen LogP contribution >= 0.6 is 0 Å². The number of carbonyl (C=O) groups is 2. The van der Waals surface area contributed by atoms with E-state index >= 15 is 0 Å². The van der Waals surface area contributed by atoms with Crippen LogP contribution in [0.5, 0.6) is 0 Å². The smallest absolute Gasteiger partial charge is 0.247 e. The van der Waals surface area contributed by atoms with Crippen LogP contribution in [0.2, 0.25) is 0 Å². The topological polar surface area (TPSA) is 92.0 Å². The van der Waals surface area contributed by atoms with Crippen LogP contribution in [0.3, 0.4) is 0 Å². The molecule has 2 fully saturated rings.